The Morgan fingerprint density at radius 2 is 1.35 bits per heavy atom. The number of para-hydroxylation sites is 1. The number of piperazine rings is 2. The van der Waals surface area contributed by atoms with E-state index in [1.165, 1.54) is 0 Å². The van der Waals surface area contributed by atoms with Crippen LogP contribution in [0.5, 0.6) is 0 Å². The van der Waals surface area contributed by atoms with Crippen molar-refractivity contribution in [2.75, 3.05) is 77.3 Å². The van der Waals surface area contributed by atoms with Crippen molar-refractivity contribution in [2.24, 2.45) is 0 Å². The Morgan fingerprint density at radius 3 is 1.97 bits per heavy atom. The highest BCUT2D eigenvalue weighted by atomic mass is 16.2. The van der Waals surface area contributed by atoms with Crippen LogP contribution >= 0.6 is 0 Å². The van der Waals surface area contributed by atoms with E-state index in [2.05, 4.69) is 32.3 Å². The number of amides is 3. The average Bonchev–Trinajstić information content (AvgIpc) is 3.65. The molecular weight excluding hydrogens is 432 g/mol. The van der Waals surface area contributed by atoms with Crippen LogP contribution in [-0.2, 0) is 20.8 Å². The molecule has 2 aliphatic heterocycles. The van der Waals surface area contributed by atoms with Crippen LogP contribution in [0.15, 0.2) is 24.3 Å². The van der Waals surface area contributed by atoms with Crippen LogP contribution in [0.25, 0.3) is 0 Å². The van der Waals surface area contributed by atoms with Gasteiger partial charge in [0.05, 0.1) is 19.6 Å². The minimum Gasteiger partial charge on any atom is -0.352 e. The van der Waals surface area contributed by atoms with Crippen LogP contribution in [0.3, 0.4) is 0 Å². The summed E-state index contributed by atoms with van der Waals surface area (Å²) in [5, 5.41) is 6.06. The topological polar surface area (TPSA) is 88.2 Å². The number of hydrogen-bond donors (Lipinski definition) is 2. The number of nitrogens with zero attached hydrogens (tertiary/aromatic N) is 4. The summed E-state index contributed by atoms with van der Waals surface area (Å²) in [6, 6.07) is 8.30. The molecule has 4 rings (SSSR count). The van der Waals surface area contributed by atoms with Crippen molar-refractivity contribution in [3.8, 4) is 0 Å². The molecule has 9 nitrogen and oxygen atoms in total. The summed E-state index contributed by atoms with van der Waals surface area (Å²) in [4.78, 5) is 45.7. The maximum absolute atomic E-state index is 12.8. The second-order valence-corrected chi connectivity index (χ2v) is 9.61. The molecule has 0 unspecified atom stereocenters. The van der Waals surface area contributed by atoms with Crippen molar-refractivity contribution in [1.82, 2.24) is 24.9 Å². The van der Waals surface area contributed by atoms with E-state index in [0.717, 1.165) is 56.7 Å². The summed E-state index contributed by atoms with van der Waals surface area (Å²) in [5.74, 6) is 0.262. The third kappa shape index (κ3) is 7.25. The number of carbonyl (C=O) groups is 3. The number of aryl methyl sites for hydroxylation is 1. The Labute approximate surface area is 202 Å². The zero-order valence-corrected chi connectivity index (χ0v) is 20.3. The first kappa shape index (κ1) is 24.6. The molecule has 3 fully saturated rings. The zero-order chi connectivity index (χ0) is 23.9. The molecular formula is C25H38N6O3. The van der Waals surface area contributed by atoms with Gasteiger partial charge >= 0.3 is 0 Å². The predicted octanol–water partition coefficient (Wildman–Crippen LogP) is 0.228. The van der Waals surface area contributed by atoms with Gasteiger partial charge in [-0.25, -0.2) is 0 Å². The average molecular weight is 471 g/mol. The molecule has 34 heavy (non-hydrogen) atoms. The number of rotatable bonds is 9. The number of benzene rings is 1. The first-order valence-electron chi connectivity index (χ1n) is 12.6. The van der Waals surface area contributed by atoms with Crippen molar-refractivity contribution < 1.29 is 14.4 Å². The molecule has 2 saturated heterocycles. The molecule has 3 amide bonds. The normalized spacial score (nSPS) is 20.2. The van der Waals surface area contributed by atoms with E-state index in [-0.39, 0.29) is 17.7 Å². The summed E-state index contributed by atoms with van der Waals surface area (Å²) < 4.78 is 0. The molecule has 2 heterocycles. The van der Waals surface area contributed by atoms with Crippen molar-refractivity contribution in [2.45, 2.75) is 32.2 Å². The van der Waals surface area contributed by atoms with Gasteiger partial charge in [0, 0.05) is 64.1 Å². The van der Waals surface area contributed by atoms with Crippen molar-refractivity contribution in [1.29, 1.82) is 0 Å². The van der Waals surface area contributed by atoms with E-state index < -0.39 is 0 Å². The molecule has 0 atom stereocenters. The largest absolute Gasteiger partial charge is 0.352 e. The van der Waals surface area contributed by atoms with E-state index in [4.69, 9.17) is 0 Å². The maximum Gasteiger partial charge on any atom is 0.238 e. The lowest BCUT2D eigenvalue weighted by molar-refractivity contribution is -0.135. The lowest BCUT2D eigenvalue weighted by Crippen LogP contribution is -2.55. The molecule has 3 aliphatic rings. The zero-order valence-electron chi connectivity index (χ0n) is 20.3. The molecule has 1 aromatic rings. The number of carbonyl (C=O) groups excluding carboxylic acids is 3. The summed E-state index contributed by atoms with van der Waals surface area (Å²) in [6.45, 7) is 9.27. The summed E-state index contributed by atoms with van der Waals surface area (Å²) in [7, 11) is 0. The fourth-order valence-electron chi connectivity index (χ4n) is 4.60. The van der Waals surface area contributed by atoms with E-state index >= 15 is 0 Å². The minimum absolute atomic E-state index is 0.00985. The lowest BCUT2D eigenvalue weighted by atomic mass is 10.1. The fourth-order valence-corrected chi connectivity index (χ4v) is 4.60. The first-order chi connectivity index (χ1) is 16.5. The molecule has 1 aromatic carbocycles. The maximum atomic E-state index is 12.8. The molecule has 186 valence electrons. The van der Waals surface area contributed by atoms with Crippen LogP contribution in [-0.4, -0.2) is 115 Å². The van der Waals surface area contributed by atoms with Gasteiger partial charge in [-0.1, -0.05) is 25.1 Å². The van der Waals surface area contributed by atoms with E-state index in [1.54, 1.807) is 0 Å². The molecule has 0 bridgehead atoms. The first-order valence-corrected chi connectivity index (χ1v) is 12.6. The monoisotopic (exact) mass is 470 g/mol. The molecule has 9 heteroatoms. The van der Waals surface area contributed by atoms with Gasteiger partial charge in [-0.15, -0.1) is 0 Å². The Kier molecular flexibility index (Phi) is 8.53. The number of anilines is 1. The lowest BCUT2D eigenvalue weighted by Gasteiger charge is -2.37. The van der Waals surface area contributed by atoms with Crippen LogP contribution in [0, 0.1) is 0 Å². The highest BCUT2D eigenvalue weighted by molar-refractivity contribution is 5.93. The van der Waals surface area contributed by atoms with E-state index in [9.17, 15) is 14.4 Å². The number of nitrogens with one attached hydrogen (secondary N) is 2. The van der Waals surface area contributed by atoms with Gasteiger partial charge in [0.2, 0.25) is 17.7 Å². The van der Waals surface area contributed by atoms with Crippen LogP contribution in [0.1, 0.15) is 25.3 Å². The van der Waals surface area contributed by atoms with Gasteiger partial charge in [0.1, 0.15) is 0 Å². The smallest absolute Gasteiger partial charge is 0.238 e. The third-order valence-corrected chi connectivity index (χ3v) is 6.90. The highest BCUT2D eigenvalue weighted by Gasteiger charge is 2.27. The predicted molar refractivity (Wildman–Crippen MR) is 132 cm³/mol. The van der Waals surface area contributed by atoms with Gasteiger partial charge in [-0.2, -0.15) is 0 Å². The van der Waals surface area contributed by atoms with Crippen molar-refractivity contribution >= 4 is 23.4 Å². The molecule has 0 aromatic heterocycles. The molecule has 1 saturated carbocycles. The Hall–Kier alpha value is -2.49. The standard InChI is InChI=1S/C25H38N6O3/c1-2-20-5-3-4-6-22(20)27-24(33)18-29-13-15-31(16-14-29)25(34)19-30-11-9-28(10-12-30)17-23(32)26-21-7-8-21/h3-6,21H,2,7-19H2,1H3,(H,26,32)(H,27,33). The molecule has 2 N–H and O–H groups in total. The Bertz CT molecular complexity index is 858. The van der Waals surface area contributed by atoms with Crippen LogP contribution in [0.4, 0.5) is 5.69 Å². The SMILES string of the molecule is CCc1ccccc1NC(=O)CN1CCN(C(=O)CN2CCN(CC(=O)NC3CC3)CC2)CC1. The van der Waals surface area contributed by atoms with Gasteiger partial charge in [-0.3, -0.25) is 29.1 Å². The summed E-state index contributed by atoms with van der Waals surface area (Å²) >= 11 is 0. The molecule has 1 aliphatic carbocycles. The van der Waals surface area contributed by atoms with E-state index in [0.29, 0.717) is 51.9 Å². The van der Waals surface area contributed by atoms with Gasteiger partial charge in [-0.05, 0) is 30.9 Å². The summed E-state index contributed by atoms with van der Waals surface area (Å²) in [5.41, 5.74) is 2.01. The summed E-state index contributed by atoms with van der Waals surface area (Å²) in [6.07, 6.45) is 3.09. The highest BCUT2D eigenvalue weighted by Crippen LogP contribution is 2.18. The second-order valence-electron chi connectivity index (χ2n) is 9.61. The van der Waals surface area contributed by atoms with Crippen molar-refractivity contribution in [3.05, 3.63) is 29.8 Å². The second kappa shape index (κ2) is 11.8. The molecule has 0 radical (unpaired) electrons. The van der Waals surface area contributed by atoms with Gasteiger partial charge < -0.3 is 15.5 Å². The van der Waals surface area contributed by atoms with Gasteiger partial charge in [0.15, 0.2) is 0 Å². The van der Waals surface area contributed by atoms with Crippen LogP contribution < -0.4 is 10.6 Å². The third-order valence-electron chi connectivity index (χ3n) is 6.90. The number of hydrogen-bond acceptors (Lipinski definition) is 6. The Morgan fingerprint density at radius 1 is 0.794 bits per heavy atom. The van der Waals surface area contributed by atoms with Crippen LogP contribution in [0.2, 0.25) is 0 Å². The Balaban J connectivity index is 1.12. The molecule has 0 spiro atoms. The van der Waals surface area contributed by atoms with E-state index in [1.807, 2.05) is 29.2 Å². The quantitative estimate of drug-likeness (QED) is 0.537. The fraction of sp³-hybridized carbons (Fsp3) is 0.640. The van der Waals surface area contributed by atoms with Gasteiger partial charge in [0.25, 0.3) is 0 Å². The minimum atomic E-state index is -0.00985. The van der Waals surface area contributed by atoms with Crippen molar-refractivity contribution in [3.63, 3.8) is 0 Å².